The number of ether oxygens (including phenoxy) is 2. The summed E-state index contributed by atoms with van der Waals surface area (Å²) < 4.78 is 11.2. The van der Waals surface area contributed by atoms with Crippen molar-refractivity contribution in [2.45, 2.75) is 38.5 Å². The molecule has 8 nitrogen and oxygen atoms in total. The average Bonchev–Trinajstić information content (AvgIpc) is 2.85. The van der Waals surface area contributed by atoms with Gasteiger partial charge in [-0.2, -0.15) is 0 Å². The predicted molar refractivity (Wildman–Crippen MR) is 93.2 cm³/mol. The van der Waals surface area contributed by atoms with Gasteiger partial charge in [0.2, 0.25) is 0 Å². The summed E-state index contributed by atoms with van der Waals surface area (Å²) in [5.41, 5.74) is 2.76. The van der Waals surface area contributed by atoms with Gasteiger partial charge in [-0.1, -0.05) is 6.07 Å². The minimum absolute atomic E-state index is 0.000630. The summed E-state index contributed by atoms with van der Waals surface area (Å²) >= 11 is 0. The van der Waals surface area contributed by atoms with Gasteiger partial charge in [0, 0.05) is 31.3 Å². The third-order valence-corrected chi connectivity index (χ3v) is 5.08. The maximum atomic E-state index is 13.0. The van der Waals surface area contributed by atoms with Gasteiger partial charge < -0.3 is 19.3 Å². The minimum Gasteiger partial charge on any atom is -0.491 e. The van der Waals surface area contributed by atoms with E-state index in [0.717, 1.165) is 18.4 Å². The van der Waals surface area contributed by atoms with Gasteiger partial charge in [-0.15, -0.1) is 0 Å². The summed E-state index contributed by atoms with van der Waals surface area (Å²) in [5.74, 6) is -0.0333. The number of hydrogen-bond acceptors (Lipinski definition) is 5. The Hall–Kier alpha value is -2.32. The van der Waals surface area contributed by atoms with Crippen LogP contribution in [0.3, 0.4) is 0 Å². The standard InChI is InChI=1S/C18H25N3O5/c1-12-11-26-16-9-13(17(22)19-24)3-4-14(16)10-21(12)18(23)20-7-5-15(25-2)6-8-20/h3-4,9,12,15,24H,5-8,10-11H2,1-2H3,(H,19,22). The first-order valence-electron chi connectivity index (χ1n) is 8.82. The number of piperidine rings is 1. The molecule has 0 bridgehead atoms. The van der Waals surface area contributed by atoms with Crippen LogP contribution < -0.4 is 10.2 Å². The molecule has 0 aromatic heterocycles. The fourth-order valence-corrected chi connectivity index (χ4v) is 3.39. The molecule has 142 valence electrons. The molecule has 2 aliphatic heterocycles. The molecule has 3 amide bonds. The second-order valence-electron chi connectivity index (χ2n) is 6.76. The molecule has 0 radical (unpaired) electrons. The van der Waals surface area contributed by atoms with E-state index in [0.29, 0.717) is 37.6 Å². The van der Waals surface area contributed by atoms with E-state index in [-0.39, 0.29) is 18.2 Å². The second kappa shape index (κ2) is 7.92. The van der Waals surface area contributed by atoms with Crippen LogP contribution in [0.4, 0.5) is 4.79 Å². The molecule has 0 saturated carbocycles. The number of hydrogen-bond donors (Lipinski definition) is 2. The molecular weight excluding hydrogens is 338 g/mol. The number of nitrogens with one attached hydrogen (secondary N) is 1. The van der Waals surface area contributed by atoms with Gasteiger partial charge in [0.1, 0.15) is 12.4 Å². The summed E-state index contributed by atoms with van der Waals surface area (Å²) in [7, 11) is 1.71. The van der Waals surface area contributed by atoms with Crippen LogP contribution in [0.2, 0.25) is 0 Å². The van der Waals surface area contributed by atoms with Crippen molar-refractivity contribution in [2.24, 2.45) is 0 Å². The first kappa shape index (κ1) is 18.5. The van der Waals surface area contributed by atoms with Crippen molar-refractivity contribution in [1.29, 1.82) is 0 Å². The molecule has 2 N–H and O–H groups in total. The fourth-order valence-electron chi connectivity index (χ4n) is 3.39. The van der Waals surface area contributed by atoms with Gasteiger partial charge in [-0.25, -0.2) is 10.3 Å². The van der Waals surface area contributed by atoms with Crippen LogP contribution >= 0.6 is 0 Å². The Morgan fingerprint density at radius 2 is 2.04 bits per heavy atom. The van der Waals surface area contributed by atoms with Gasteiger partial charge in [0.05, 0.1) is 18.7 Å². The van der Waals surface area contributed by atoms with E-state index in [1.165, 1.54) is 0 Å². The number of urea groups is 1. The van der Waals surface area contributed by atoms with Crippen LogP contribution in [-0.4, -0.2) is 65.9 Å². The van der Waals surface area contributed by atoms with Gasteiger partial charge >= 0.3 is 6.03 Å². The van der Waals surface area contributed by atoms with E-state index in [1.807, 2.05) is 16.7 Å². The number of benzene rings is 1. The van der Waals surface area contributed by atoms with Gasteiger partial charge in [-0.3, -0.25) is 10.0 Å². The number of carbonyl (C=O) groups is 2. The molecule has 0 aliphatic carbocycles. The lowest BCUT2D eigenvalue weighted by molar-refractivity contribution is 0.0407. The summed E-state index contributed by atoms with van der Waals surface area (Å²) in [6.45, 7) is 4.08. The molecule has 8 heteroatoms. The monoisotopic (exact) mass is 363 g/mol. The van der Waals surface area contributed by atoms with Crippen molar-refractivity contribution >= 4 is 11.9 Å². The quantitative estimate of drug-likeness (QED) is 0.615. The van der Waals surface area contributed by atoms with Gasteiger partial charge in [0.15, 0.2) is 0 Å². The number of fused-ring (bicyclic) bond motifs is 1. The van der Waals surface area contributed by atoms with Crippen molar-refractivity contribution in [1.82, 2.24) is 15.3 Å². The highest BCUT2D eigenvalue weighted by Crippen LogP contribution is 2.28. The Balaban J connectivity index is 1.75. The molecule has 1 saturated heterocycles. The van der Waals surface area contributed by atoms with Crippen molar-refractivity contribution in [3.05, 3.63) is 29.3 Å². The normalized spacial score (nSPS) is 20.8. The Labute approximate surface area is 152 Å². The molecule has 2 heterocycles. The van der Waals surface area contributed by atoms with E-state index in [4.69, 9.17) is 14.7 Å². The van der Waals surface area contributed by atoms with E-state index >= 15 is 0 Å². The fraction of sp³-hybridized carbons (Fsp3) is 0.556. The number of nitrogens with zero attached hydrogens (tertiary/aromatic N) is 2. The molecule has 1 atom stereocenters. The maximum absolute atomic E-state index is 13.0. The van der Waals surface area contributed by atoms with Crippen LogP contribution in [0.15, 0.2) is 18.2 Å². The molecule has 3 rings (SSSR count). The zero-order valence-electron chi connectivity index (χ0n) is 15.1. The Morgan fingerprint density at radius 3 is 2.69 bits per heavy atom. The maximum Gasteiger partial charge on any atom is 0.320 e. The number of amides is 3. The summed E-state index contributed by atoms with van der Waals surface area (Å²) in [6.07, 6.45) is 1.91. The molecule has 1 aromatic rings. The molecule has 2 aliphatic rings. The lowest BCUT2D eigenvalue weighted by Gasteiger charge is -2.36. The molecule has 1 fully saturated rings. The highest BCUT2D eigenvalue weighted by atomic mass is 16.5. The summed E-state index contributed by atoms with van der Waals surface area (Å²) in [6, 6.07) is 4.86. The smallest absolute Gasteiger partial charge is 0.320 e. The SMILES string of the molecule is COC1CCN(C(=O)N2Cc3ccc(C(=O)NO)cc3OCC2C)CC1. The van der Waals surface area contributed by atoms with Crippen molar-refractivity contribution in [3.63, 3.8) is 0 Å². The zero-order chi connectivity index (χ0) is 18.7. The van der Waals surface area contributed by atoms with Crippen LogP contribution in [0.1, 0.15) is 35.7 Å². The second-order valence-corrected chi connectivity index (χ2v) is 6.76. The topological polar surface area (TPSA) is 91.3 Å². The Kier molecular flexibility index (Phi) is 5.63. The van der Waals surface area contributed by atoms with Crippen molar-refractivity contribution < 1.29 is 24.3 Å². The average molecular weight is 363 g/mol. The minimum atomic E-state index is -0.595. The molecular formula is C18H25N3O5. The summed E-state index contributed by atoms with van der Waals surface area (Å²) in [5, 5.41) is 8.78. The molecule has 1 unspecified atom stereocenters. The third kappa shape index (κ3) is 3.76. The number of hydroxylamine groups is 1. The van der Waals surface area contributed by atoms with Crippen molar-refractivity contribution in [3.8, 4) is 5.75 Å². The van der Waals surface area contributed by atoms with Crippen LogP contribution in [0, 0.1) is 0 Å². The summed E-state index contributed by atoms with van der Waals surface area (Å²) in [4.78, 5) is 28.3. The van der Waals surface area contributed by atoms with Crippen molar-refractivity contribution in [2.75, 3.05) is 26.8 Å². The third-order valence-electron chi connectivity index (χ3n) is 5.08. The molecule has 0 spiro atoms. The Bertz CT molecular complexity index is 673. The van der Waals surface area contributed by atoms with E-state index in [1.54, 1.807) is 30.8 Å². The van der Waals surface area contributed by atoms with E-state index in [9.17, 15) is 9.59 Å². The largest absolute Gasteiger partial charge is 0.491 e. The van der Waals surface area contributed by atoms with Crippen LogP contribution in [-0.2, 0) is 11.3 Å². The zero-order valence-corrected chi connectivity index (χ0v) is 15.1. The number of rotatable bonds is 2. The lowest BCUT2D eigenvalue weighted by atomic mass is 10.1. The van der Waals surface area contributed by atoms with E-state index < -0.39 is 5.91 Å². The number of methoxy groups -OCH3 is 1. The number of likely N-dealkylation sites (tertiary alicyclic amines) is 1. The highest BCUT2D eigenvalue weighted by Gasteiger charge is 2.31. The first-order valence-corrected chi connectivity index (χ1v) is 8.82. The molecule has 1 aromatic carbocycles. The highest BCUT2D eigenvalue weighted by molar-refractivity contribution is 5.93. The predicted octanol–water partition coefficient (Wildman–Crippen LogP) is 1.62. The molecule has 26 heavy (non-hydrogen) atoms. The Morgan fingerprint density at radius 1 is 1.31 bits per heavy atom. The lowest BCUT2D eigenvalue weighted by Crippen LogP contribution is -2.50. The van der Waals surface area contributed by atoms with Crippen LogP contribution in [0.25, 0.3) is 0 Å². The van der Waals surface area contributed by atoms with Crippen LogP contribution in [0.5, 0.6) is 5.75 Å². The number of carbonyl (C=O) groups excluding carboxylic acids is 2. The van der Waals surface area contributed by atoms with Gasteiger partial charge in [-0.05, 0) is 31.9 Å². The first-order chi connectivity index (χ1) is 12.5. The van der Waals surface area contributed by atoms with E-state index in [2.05, 4.69) is 0 Å². The van der Waals surface area contributed by atoms with Gasteiger partial charge in [0.25, 0.3) is 5.91 Å².